The summed E-state index contributed by atoms with van der Waals surface area (Å²) in [6.07, 6.45) is 4.31. The normalized spacial score (nSPS) is 21.1. The lowest BCUT2D eigenvalue weighted by atomic mass is 10.2. The molecule has 0 saturated carbocycles. The van der Waals surface area contributed by atoms with Crippen molar-refractivity contribution in [2.45, 2.75) is 31.8 Å². The van der Waals surface area contributed by atoms with Crippen LogP contribution in [0, 0.1) is 5.82 Å². The molecule has 0 bridgehead atoms. The molecule has 5 nitrogen and oxygen atoms in total. The standard InChI is InChI=1S/C16H22FN3O2/c17-14-10-12(5-6-15(14)20-7-1-2-8-20)19-16(21)18-11-13-4-3-9-22-13/h5-6,10,13H,1-4,7-9,11H2,(H2,18,19,21)/t13-/m0/s1. The quantitative estimate of drug-likeness (QED) is 0.899. The fourth-order valence-electron chi connectivity index (χ4n) is 2.99. The van der Waals surface area contributed by atoms with Crippen molar-refractivity contribution in [3.63, 3.8) is 0 Å². The van der Waals surface area contributed by atoms with Crippen molar-refractivity contribution < 1.29 is 13.9 Å². The van der Waals surface area contributed by atoms with Crippen LogP contribution in [0.2, 0.25) is 0 Å². The number of ether oxygens (including phenoxy) is 1. The Hall–Kier alpha value is -1.82. The summed E-state index contributed by atoms with van der Waals surface area (Å²) < 4.78 is 19.6. The Morgan fingerprint density at radius 2 is 2.14 bits per heavy atom. The molecule has 6 heteroatoms. The Labute approximate surface area is 129 Å². The fraction of sp³-hybridized carbons (Fsp3) is 0.562. The van der Waals surface area contributed by atoms with Crippen molar-refractivity contribution in [1.82, 2.24) is 5.32 Å². The molecule has 0 unspecified atom stereocenters. The molecule has 2 aliphatic heterocycles. The third kappa shape index (κ3) is 3.68. The van der Waals surface area contributed by atoms with Gasteiger partial charge in [-0.3, -0.25) is 0 Å². The van der Waals surface area contributed by atoms with Gasteiger partial charge in [-0.25, -0.2) is 9.18 Å². The number of hydrogen-bond donors (Lipinski definition) is 2. The summed E-state index contributed by atoms with van der Waals surface area (Å²) in [6, 6.07) is 4.52. The van der Waals surface area contributed by atoms with Crippen molar-refractivity contribution in [3.05, 3.63) is 24.0 Å². The van der Waals surface area contributed by atoms with Crippen molar-refractivity contribution >= 4 is 17.4 Å². The maximum absolute atomic E-state index is 14.2. The molecule has 1 aromatic rings. The van der Waals surface area contributed by atoms with Crippen LogP contribution in [0.4, 0.5) is 20.6 Å². The fourth-order valence-corrected chi connectivity index (χ4v) is 2.99. The molecule has 2 amide bonds. The van der Waals surface area contributed by atoms with Crippen LogP contribution in [0.25, 0.3) is 0 Å². The second-order valence-electron chi connectivity index (χ2n) is 5.83. The first-order valence-corrected chi connectivity index (χ1v) is 7.93. The maximum Gasteiger partial charge on any atom is 0.319 e. The lowest BCUT2D eigenvalue weighted by Crippen LogP contribution is -2.35. The van der Waals surface area contributed by atoms with E-state index in [0.717, 1.165) is 45.4 Å². The van der Waals surface area contributed by atoms with E-state index in [2.05, 4.69) is 10.6 Å². The van der Waals surface area contributed by atoms with Crippen LogP contribution in [0.15, 0.2) is 18.2 Å². The van der Waals surface area contributed by atoms with Gasteiger partial charge in [-0.1, -0.05) is 0 Å². The number of rotatable bonds is 4. The van der Waals surface area contributed by atoms with Gasteiger partial charge in [0.1, 0.15) is 5.82 Å². The summed E-state index contributed by atoms with van der Waals surface area (Å²) in [5.74, 6) is -0.293. The molecule has 22 heavy (non-hydrogen) atoms. The third-order valence-electron chi connectivity index (χ3n) is 4.17. The minimum Gasteiger partial charge on any atom is -0.376 e. The molecule has 2 saturated heterocycles. The van der Waals surface area contributed by atoms with Gasteiger partial charge in [0.2, 0.25) is 0 Å². The SMILES string of the molecule is O=C(NC[C@@H]1CCCO1)Nc1ccc(N2CCCC2)c(F)c1. The first kappa shape index (κ1) is 15.1. The lowest BCUT2D eigenvalue weighted by Gasteiger charge is -2.19. The highest BCUT2D eigenvalue weighted by molar-refractivity contribution is 5.89. The Morgan fingerprint density at radius 1 is 1.32 bits per heavy atom. The average Bonchev–Trinajstić information content (AvgIpc) is 3.19. The Balaban J connectivity index is 1.53. The number of nitrogens with zero attached hydrogens (tertiary/aromatic N) is 1. The third-order valence-corrected chi connectivity index (χ3v) is 4.17. The predicted octanol–water partition coefficient (Wildman–Crippen LogP) is 2.73. The molecule has 2 fully saturated rings. The highest BCUT2D eigenvalue weighted by atomic mass is 19.1. The van der Waals surface area contributed by atoms with Crippen molar-refractivity contribution in [3.8, 4) is 0 Å². The van der Waals surface area contributed by atoms with E-state index in [9.17, 15) is 9.18 Å². The van der Waals surface area contributed by atoms with Crippen LogP contribution in [-0.2, 0) is 4.74 Å². The average molecular weight is 307 g/mol. The first-order valence-electron chi connectivity index (χ1n) is 7.93. The number of halogens is 1. The highest BCUT2D eigenvalue weighted by Crippen LogP contribution is 2.26. The number of nitrogens with one attached hydrogen (secondary N) is 2. The molecule has 0 radical (unpaired) electrons. The Morgan fingerprint density at radius 3 is 2.82 bits per heavy atom. The van der Waals surface area contributed by atoms with E-state index in [1.165, 1.54) is 6.07 Å². The van der Waals surface area contributed by atoms with Crippen LogP contribution in [0.3, 0.4) is 0 Å². The smallest absolute Gasteiger partial charge is 0.319 e. The largest absolute Gasteiger partial charge is 0.376 e. The van der Waals surface area contributed by atoms with Gasteiger partial charge >= 0.3 is 6.03 Å². The van der Waals surface area contributed by atoms with Gasteiger partial charge in [0.25, 0.3) is 0 Å². The molecule has 1 aromatic carbocycles. The van der Waals surface area contributed by atoms with Crippen LogP contribution in [-0.4, -0.2) is 38.4 Å². The van der Waals surface area contributed by atoms with E-state index in [1.807, 2.05) is 4.90 Å². The van der Waals surface area contributed by atoms with Gasteiger partial charge in [-0.05, 0) is 43.9 Å². The molecule has 0 aliphatic carbocycles. The molecule has 2 N–H and O–H groups in total. The topological polar surface area (TPSA) is 53.6 Å². The van der Waals surface area contributed by atoms with Crippen LogP contribution in [0.5, 0.6) is 0 Å². The number of carbonyl (C=O) groups excluding carboxylic acids is 1. The zero-order valence-electron chi connectivity index (χ0n) is 12.6. The van der Waals surface area contributed by atoms with Gasteiger partial charge in [-0.2, -0.15) is 0 Å². The molecule has 2 heterocycles. The predicted molar refractivity (Wildman–Crippen MR) is 83.8 cm³/mol. The molecular weight excluding hydrogens is 285 g/mol. The number of urea groups is 1. The zero-order valence-corrected chi connectivity index (χ0v) is 12.6. The van der Waals surface area contributed by atoms with E-state index < -0.39 is 0 Å². The van der Waals surface area contributed by atoms with Crippen molar-refractivity contribution in [1.29, 1.82) is 0 Å². The van der Waals surface area contributed by atoms with Gasteiger partial charge < -0.3 is 20.3 Å². The molecular formula is C16H22FN3O2. The second-order valence-corrected chi connectivity index (χ2v) is 5.83. The van der Waals surface area contributed by atoms with Crippen molar-refractivity contribution in [2.24, 2.45) is 0 Å². The summed E-state index contributed by atoms with van der Waals surface area (Å²) in [4.78, 5) is 13.8. The first-order chi connectivity index (χ1) is 10.7. The van der Waals surface area contributed by atoms with Gasteiger partial charge in [-0.15, -0.1) is 0 Å². The monoisotopic (exact) mass is 307 g/mol. The summed E-state index contributed by atoms with van der Waals surface area (Å²) >= 11 is 0. The molecule has 0 aromatic heterocycles. The van der Waals surface area contributed by atoms with E-state index in [0.29, 0.717) is 17.9 Å². The number of hydrogen-bond acceptors (Lipinski definition) is 3. The molecule has 0 spiro atoms. The van der Waals surface area contributed by atoms with Crippen LogP contribution >= 0.6 is 0 Å². The second kappa shape index (κ2) is 6.96. The number of anilines is 2. The number of benzene rings is 1. The maximum atomic E-state index is 14.2. The van der Waals surface area contributed by atoms with E-state index in [1.54, 1.807) is 12.1 Å². The summed E-state index contributed by atoms with van der Waals surface area (Å²) in [5.41, 5.74) is 1.08. The molecule has 3 rings (SSSR count). The highest BCUT2D eigenvalue weighted by Gasteiger charge is 2.18. The molecule has 1 atom stereocenters. The molecule has 120 valence electrons. The minimum atomic E-state index is -0.330. The Bertz CT molecular complexity index is 526. The number of carbonyl (C=O) groups is 1. The Kier molecular flexibility index (Phi) is 4.77. The minimum absolute atomic E-state index is 0.0972. The van der Waals surface area contributed by atoms with Gasteiger partial charge in [0.05, 0.1) is 11.8 Å². The van der Waals surface area contributed by atoms with Crippen LogP contribution in [0.1, 0.15) is 25.7 Å². The summed E-state index contributed by atoms with van der Waals surface area (Å²) in [6.45, 7) is 3.04. The van der Waals surface area contributed by atoms with Gasteiger partial charge in [0, 0.05) is 31.9 Å². The van der Waals surface area contributed by atoms with Crippen molar-refractivity contribution in [2.75, 3.05) is 36.5 Å². The summed E-state index contributed by atoms with van der Waals surface area (Å²) in [7, 11) is 0. The van der Waals surface area contributed by atoms with E-state index in [4.69, 9.17) is 4.74 Å². The van der Waals surface area contributed by atoms with E-state index in [-0.39, 0.29) is 18.0 Å². The van der Waals surface area contributed by atoms with Crippen LogP contribution < -0.4 is 15.5 Å². The lowest BCUT2D eigenvalue weighted by molar-refractivity contribution is 0.112. The summed E-state index contributed by atoms with van der Waals surface area (Å²) in [5, 5.41) is 5.41. The number of amides is 2. The zero-order chi connectivity index (χ0) is 15.4. The van der Waals surface area contributed by atoms with E-state index >= 15 is 0 Å². The van der Waals surface area contributed by atoms with Gasteiger partial charge in [0.15, 0.2) is 0 Å². The molecule has 2 aliphatic rings.